The minimum absolute atomic E-state index is 0.592. The third-order valence-electron chi connectivity index (χ3n) is 2.92. The average Bonchev–Trinajstić information content (AvgIpc) is 2.33. The van der Waals surface area contributed by atoms with Crippen molar-refractivity contribution in [3.8, 4) is 0 Å². The van der Waals surface area contributed by atoms with Crippen molar-refractivity contribution in [1.29, 1.82) is 0 Å². The Kier molecular flexibility index (Phi) is 3.69. The molecule has 1 N–H and O–H groups in total. The number of carboxylic acid groups (broad SMARTS) is 1. The molecular formula is C13H14ClNO2. The molecule has 4 heteroatoms. The van der Waals surface area contributed by atoms with Crippen LogP contribution in [0.2, 0.25) is 5.02 Å². The summed E-state index contributed by atoms with van der Waals surface area (Å²) >= 11 is 5.82. The van der Waals surface area contributed by atoms with Gasteiger partial charge in [-0.2, -0.15) is 0 Å². The molecule has 1 aliphatic rings. The third-order valence-corrected chi connectivity index (χ3v) is 3.17. The highest BCUT2D eigenvalue weighted by Gasteiger charge is 2.17. The molecule has 0 spiro atoms. The summed E-state index contributed by atoms with van der Waals surface area (Å²) in [6.45, 7) is 1.18. The summed E-state index contributed by atoms with van der Waals surface area (Å²) in [5.41, 5.74) is 2.41. The van der Waals surface area contributed by atoms with Gasteiger partial charge in [-0.15, -0.1) is 0 Å². The lowest BCUT2D eigenvalue weighted by atomic mass is 10.0. The molecule has 1 heterocycles. The summed E-state index contributed by atoms with van der Waals surface area (Å²) < 4.78 is 0. The number of amides is 1. The van der Waals surface area contributed by atoms with Crippen LogP contribution in [0, 0.1) is 0 Å². The maximum Gasteiger partial charge on any atom is 0.407 e. The quantitative estimate of drug-likeness (QED) is 0.830. The Labute approximate surface area is 105 Å². The number of piperidine rings is 1. The maximum absolute atomic E-state index is 10.7. The second kappa shape index (κ2) is 5.23. The van der Waals surface area contributed by atoms with E-state index in [4.69, 9.17) is 16.7 Å². The molecule has 1 aromatic rings. The maximum atomic E-state index is 10.7. The van der Waals surface area contributed by atoms with Crippen LogP contribution in [-0.2, 0) is 0 Å². The summed E-state index contributed by atoms with van der Waals surface area (Å²) in [6, 6.07) is 7.67. The van der Waals surface area contributed by atoms with E-state index in [0.29, 0.717) is 13.1 Å². The predicted molar refractivity (Wildman–Crippen MR) is 68.3 cm³/mol. The van der Waals surface area contributed by atoms with Crippen LogP contribution in [0.25, 0.3) is 6.08 Å². The Bertz CT molecular complexity index is 429. The van der Waals surface area contributed by atoms with Crippen LogP contribution in [0.4, 0.5) is 4.79 Å². The van der Waals surface area contributed by atoms with Gasteiger partial charge in [-0.1, -0.05) is 35.4 Å². The topological polar surface area (TPSA) is 40.5 Å². The van der Waals surface area contributed by atoms with Crippen molar-refractivity contribution in [2.75, 3.05) is 13.1 Å². The van der Waals surface area contributed by atoms with Crippen LogP contribution >= 0.6 is 11.6 Å². The molecule has 17 heavy (non-hydrogen) atoms. The zero-order valence-corrected chi connectivity index (χ0v) is 10.2. The van der Waals surface area contributed by atoms with Crippen molar-refractivity contribution in [1.82, 2.24) is 4.90 Å². The highest BCUT2D eigenvalue weighted by molar-refractivity contribution is 6.30. The fraction of sp³-hybridized carbons (Fsp3) is 0.308. The van der Waals surface area contributed by atoms with Gasteiger partial charge in [0, 0.05) is 18.1 Å². The van der Waals surface area contributed by atoms with Crippen molar-refractivity contribution < 1.29 is 9.90 Å². The summed E-state index contributed by atoms with van der Waals surface area (Å²) in [5.74, 6) is 0. The second-order valence-electron chi connectivity index (χ2n) is 4.12. The van der Waals surface area contributed by atoms with Crippen LogP contribution in [-0.4, -0.2) is 29.2 Å². The van der Waals surface area contributed by atoms with Gasteiger partial charge in [0.2, 0.25) is 0 Å². The second-order valence-corrected chi connectivity index (χ2v) is 4.56. The van der Waals surface area contributed by atoms with E-state index in [2.05, 4.69) is 6.08 Å². The lowest BCUT2D eigenvalue weighted by Gasteiger charge is -2.25. The lowest BCUT2D eigenvalue weighted by molar-refractivity contribution is 0.142. The number of likely N-dealkylation sites (tertiary alicyclic amines) is 1. The molecular weight excluding hydrogens is 238 g/mol. The number of halogens is 1. The molecule has 0 radical (unpaired) electrons. The average molecular weight is 252 g/mol. The fourth-order valence-corrected chi connectivity index (χ4v) is 2.05. The van der Waals surface area contributed by atoms with Crippen molar-refractivity contribution in [3.63, 3.8) is 0 Å². The van der Waals surface area contributed by atoms with Crippen LogP contribution in [0.1, 0.15) is 18.4 Å². The van der Waals surface area contributed by atoms with Crippen LogP contribution in [0.3, 0.4) is 0 Å². The number of carbonyl (C=O) groups is 1. The van der Waals surface area contributed by atoms with Crippen LogP contribution in [0.15, 0.2) is 29.8 Å². The Morgan fingerprint density at radius 2 is 1.82 bits per heavy atom. The molecule has 1 aromatic carbocycles. The van der Waals surface area contributed by atoms with Gasteiger partial charge in [-0.25, -0.2) is 4.79 Å². The Morgan fingerprint density at radius 3 is 2.35 bits per heavy atom. The summed E-state index contributed by atoms with van der Waals surface area (Å²) in [7, 11) is 0. The van der Waals surface area contributed by atoms with Gasteiger partial charge in [0.05, 0.1) is 0 Å². The molecule has 1 fully saturated rings. The predicted octanol–water partition coefficient (Wildman–Crippen LogP) is 3.50. The summed E-state index contributed by atoms with van der Waals surface area (Å²) in [5, 5.41) is 9.57. The smallest absolute Gasteiger partial charge is 0.407 e. The molecule has 3 nitrogen and oxygen atoms in total. The number of hydrogen-bond donors (Lipinski definition) is 1. The van der Waals surface area contributed by atoms with E-state index in [1.807, 2.05) is 24.3 Å². The third kappa shape index (κ3) is 3.24. The molecule has 0 bridgehead atoms. The highest BCUT2D eigenvalue weighted by atomic mass is 35.5. The Balaban J connectivity index is 2.00. The molecule has 1 amide bonds. The minimum Gasteiger partial charge on any atom is -0.465 e. The lowest BCUT2D eigenvalue weighted by Crippen LogP contribution is -2.35. The van der Waals surface area contributed by atoms with Gasteiger partial charge >= 0.3 is 6.09 Å². The van der Waals surface area contributed by atoms with Gasteiger partial charge in [0.1, 0.15) is 0 Å². The SMILES string of the molecule is O=C(O)N1CCC(=Cc2ccc(Cl)cc2)CC1. The van der Waals surface area contributed by atoms with E-state index < -0.39 is 6.09 Å². The van der Waals surface area contributed by atoms with Crippen molar-refractivity contribution in [2.45, 2.75) is 12.8 Å². The van der Waals surface area contributed by atoms with Crippen LogP contribution < -0.4 is 0 Å². The largest absolute Gasteiger partial charge is 0.465 e. The molecule has 1 saturated heterocycles. The Morgan fingerprint density at radius 1 is 1.24 bits per heavy atom. The molecule has 0 unspecified atom stereocenters. The van der Waals surface area contributed by atoms with E-state index in [-0.39, 0.29) is 0 Å². The first-order chi connectivity index (χ1) is 8.15. The van der Waals surface area contributed by atoms with Gasteiger partial charge in [-0.3, -0.25) is 0 Å². The van der Waals surface area contributed by atoms with Crippen molar-refractivity contribution in [3.05, 3.63) is 40.4 Å². The van der Waals surface area contributed by atoms with Gasteiger partial charge in [0.15, 0.2) is 0 Å². The monoisotopic (exact) mass is 251 g/mol. The van der Waals surface area contributed by atoms with E-state index in [1.165, 1.54) is 10.5 Å². The van der Waals surface area contributed by atoms with Gasteiger partial charge in [0.25, 0.3) is 0 Å². The normalized spacial score (nSPS) is 15.8. The number of nitrogens with zero attached hydrogens (tertiary/aromatic N) is 1. The number of benzene rings is 1. The van der Waals surface area contributed by atoms with E-state index in [0.717, 1.165) is 23.4 Å². The van der Waals surface area contributed by atoms with E-state index in [1.54, 1.807) is 0 Å². The molecule has 0 aliphatic carbocycles. The van der Waals surface area contributed by atoms with E-state index in [9.17, 15) is 4.79 Å². The zero-order chi connectivity index (χ0) is 12.3. The highest BCUT2D eigenvalue weighted by Crippen LogP contribution is 2.20. The first-order valence-electron chi connectivity index (χ1n) is 5.58. The molecule has 2 rings (SSSR count). The first-order valence-corrected chi connectivity index (χ1v) is 5.96. The molecule has 0 atom stereocenters. The Hall–Kier alpha value is -1.48. The van der Waals surface area contributed by atoms with Gasteiger partial charge < -0.3 is 10.0 Å². The molecule has 0 saturated carbocycles. The first kappa shape index (κ1) is 12.0. The van der Waals surface area contributed by atoms with Crippen LogP contribution in [0.5, 0.6) is 0 Å². The molecule has 1 aliphatic heterocycles. The molecule has 90 valence electrons. The van der Waals surface area contributed by atoms with Crippen molar-refractivity contribution in [2.24, 2.45) is 0 Å². The summed E-state index contributed by atoms with van der Waals surface area (Å²) in [4.78, 5) is 12.2. The molecule has 0 aromatic heterocycles. The van der Waals surface area contributed by atoms with E-state index >= 15 is 0 Å². The van der Waals surface area contributed by atoms with Gasteiger partial charge in [-0.05, 0) is 30.5 Å². The minimum atomic E-state index is -0.824. The number of rotatable bonds is 1. The van der Waals surface area contributed by atoms with Crippen molar-refractivity contribution >= 4 is 23.8 Å². The standard InChI is InChI=1S/C13H14ClNO2/c14-12-3-1-10(2-4-12)9-11-5-7-15(8-6-11)13(16)17/h1-4,9H,5-8H2,(H,16,17). The fourth-order valence-electron chi connectivity index (χ4n) is 1.92. The number of hydrogen-bond acceptors (Lipinski definition) is 1. The zero-order valence-electron chi connectivity index (χ0n) is 9.40. The summed E-state index contributed by atoms with van der Waals surface area (Å²) in [6.07, 6.45) is 2.93.